The monoisotopic (exact) mass is 426 g/mol. The molecule has 1 saturated heterocycles. The molecule has 160 valence electrons. The number of nitrogens with two attached hydrogens (primary N) is 1. The molecule has 1 aliphatic rings. The van der Waals surface area contributed by atoms with E-state index in [2.05, 4.69) is 16.0 Å². The number of ether oxygens (including phenoxy) is 3. The lowest BCUT2D eigenvalue weighted by Gasteiger charge is -2.36. The van der Waals surface area contributed by atoms with Gasteiger partial charge in [0.2, 0.25) is 5.91 Å². The van der Waals surface area contributed by atoms with E-state index in [1.54, 1.807) is 26.0 Å². The zero-order valence-corrected chi connectivity index (χ0v) is 17.5. The van der Waals surface area contributed by atoms with E-state index in [0.29, 0.717) is 11.5 Å². The van der Waals surface area contributed by atoms with E-state index >= 15 is 0 Å². The number of hydrogen-bond donors (Lipinski definition) is 4. The molecule has 2 amide bonds. The number of carbonyl (C=O) groups is 3. The fourth-order valence-corrected chi connectivity index (χ4v) is 3.65. The third kappa shape index (κ3) is 5.75. The average Bonchev–Trinajstić information content (AvgIpc) is 2.70. The van der Waals surface area contributed by atoms with E-state index in [9.17, 15) is 14.4 Å². The second-order valence-electron chi connectivity index (χ2n) is 6.13. The summed E-state index contributed by atoms with van der Waals surface area (Å²) in [5.74, 6) is -0.465. The van der Waals surface area contributed by atoms with E-state index < -0.39 is 34.8 Å². The number of rotatable bonds is 8. The van der Waals surface area contributed by atoms with E-state index in [-0.39, 0.29) is 18.1 Å². The van der Waals surface area contributed by atoms with Crippen LogP contribution in [-0.2, 0) is 14.3 Å². The number of hydrogen-bond acceptors (Lipinski definition) is 9. The lowest BCUT2D eigenvalue weighted by molar-refractivity contribution is -0.142. The molecule has 29 heavy (non-hydrogen) atoms. The first-order valence-electron chi connectivity index (χ1n) is 8.97. The van der Waals surface area contributed by atoms with Gasteiger partial charge in [-0.3, -0.25) is 19.7 Å². The maximum atomic E-state index is 12.6. The van der Waals surface area contributed by atoms with Gasteiger partial charge < -0.3 is 30.6 Å². The summed E-state index contributed by atoms with van der Waals surface area (Å²) in [5.41, 5.74) is 5.73. The Morgan fingerprint density at radius 1 is 1.28 bits per heavy atom. The predicted molar refractivity (Wildman–Crippen MR) is 108 cm³/mol. The molecule has 1 heterocycles. The van der Waals surface area contributed by atoms with E-state index in [1.807, 2.05) is 0 Å². The van der Waals surface area contributed by atoms with Gasteiger partial charge in [0.05, 0.1) is 27.0 Å². The molecule has 4 atom stereocenters. The smallest absolute Gasteiger partial charge is 0.318 e. The number of methoxy groups -OCH3 is 2. The van der Waals surface area contributed by atoms with E-state index in [1.165, 1.54) is 20.3 Å². The zero-order chi connectivity index (χ0) is 21.6. The fraction of sp³-hybridized carbons (Fsp3) is 0.500. The first-order chi connectivity index (χ1) is 13.8. The van der Waals surface area contributed by atoms with Crippen LogP contribution in [0.1, 0.15) is 24.2 Å². The van der Waals surface area contributed by atoms with Crippen molar-refractivity contribution in [3.63, 3.8) is 0 Å². The fourth-order valence-electron chi connectivity index (χ4n) is 2.64. The maximum Gasteiger partial charge on any atom is 0.318 e. The van der Waals surface area contributed by atoms with Gasteiger partial charge in [0, 0.05) is 5.56 Å². The Balaban J connectivity index is 2.00. The minimum Gasteiger partial charge on any atom is -0.493 e. The summed E-state index contributed by atoms with van der Waals surface area (Å²) in [6, 6.07) is 3.66. The molecule has 0 spiro atoms. The summed E-state index contributed by atoms with van der Waals surface area (Å²) >= 11 is 1.16. The normalized spacial score (nSPS) is 22.2. The van der Waals surface area contributed by atoms with Crippen molar-refractivity contribution < 1.29 is 28.6 Å². The summed E-state index contributed by atoms with van der Waals surface area (Å²) in [5, 5.41) is 7.75. The molecule has 0 radical (unpaired) electrons. The number of esters is 1. The van der Waals surface area contributed by atoms with Gasteiger partial charge in [0.25, 0.3) is 5.91 Å². The summed E-state index contributed by atoms with van der Waals surface area (Å²) in [4.78, 5) is 36.8. The Hall–Kier alpha value is -2.50. The highest BCUT2D eigenvalue weighted by Gasteiger charge is 2.36. The molecule has 0 aromatic heterocycles. The molecule has 5 N–H and O–H groups in total. The molecule has 0 aliphatic carbocycles. The van der Waals surface area contributed by atoms with Crippen molar-refractivity contribution in [1.29, 1.82) is 0 Å². The molecule has 1 aromatic rings. The molecule has 1 aromatic carbocycles. The van der Waals surface area contributed by atoms with Crippen LogP contribution < -0.4 is 31.2 Å². The third-order valence-electron chi connectivity index (χ3n) is 4.15. The largest absolute Gasteiger partial charge is 0.493 e. The van der Waals surface area contributed by atoms with Crippen LogP contribution in [0.15, 0.2) is 18.2 Å². The Bertz CT molecular complexity index is 762. The summed E-state index contributed by atoms with van der Waals surface area (Å²) in [7, 11) is 2.95. The van der Waals surface area contributed by atoms with E-state index in [4.69, 9.17) is 19.9 Å². The highest BCUT2D eigenvalue weighted by Crippen LogP contribution is 2.27. The summed E-state index contributed by atoms with van der Waals surface area (Å²) in [6.45, 7) is 3.67. The van der Waals surface area contributed by atoms with Gasteiger partial charge >= 0.3 is 5.97 Å². The van der Waals surface area contributed by atoms with Crippen LogP contribution in [0.4, 0.5) is 0 Å². The van der Waals surface area contributed by atoms with Crippen LogP contribution in [0.25, 0.3) is 0 Å². The number of amides is 2. The lowest BCUT2D eigenvalue weighted by atomic mass is 10.1. The third-order valence-corrected chi connectivity index (χ3v) is 5.28. The van der Waals surface area contributed by atoms with Crippen LogP contribution in [-0.4, -0.2) is 61.6 Å². The topological polar surface area (TPSA) is 141 Å². The highest BCUT2D eigenvalue weighted by molar-refractivity contribution is 8.01. The first kappa shape index (κ1) is 22.8. The van der Waals surface area contributed by atoms with Gasteiger partial charge in [0.1, 0.15) is 16.8 Å². The van der Waals surface area contributed by atoms with Gasteiger partial charge in [-0.25, -0.2) is 0 Å². The number of nitrogens with one attached hydrogen (secondary N) is 3. The van der Waals surface area contributed by atoms with Crippen molar-refractivity contribution in [3.8, 4) is 11.5 Å². The minimum atomic E-state index is -0.995. The molecule has 2 rings (SSSR count). The number of benzene rings is 1. The Morgan fingerprint density at radius 2 is 1.97 bits per heavy atom. The quantitative estimate of drug-likeness (QED) is 0.415. The molecule has 1 fully saturated rings. The first-order valence-corrected chi connectivity index (χ1v) is 9.92. The minimum absolute atomic E-state index is 0.276. The van der Waals surface area contributed by atoms with E-state index in [0.717, 1.165) is 11.8 Å². The number of thioether (sulfide) groups is 1. The maximum absolute atomic E-state index is 12.6. The molecule has 1 aliphatic heterocycles. The van der Waals surface area contributed by atoms with Crippen LogP contribution in [0.3, 0.4) is 0 Å². The molecule has 0 bridgehead atoms. The Labute approximate surface area is 173 Å². The standard InChI is InChI=1S/C18H26N4O6S/c1-5-28-17(25)9(2)29-18-21-14(19)13(16(24)22-18)20-15(23)10-6-7-11(26-3)12(8-10)27-4/h6-9,13-14,18,21H,5,19H2,1-4H3,(H,20,23)(H,22,24). The van der Waals surface area contributed by atoms with Crippen LogP contribution in [0, 0.1) is 0 Å². The van der Waals surface area contributed by atoms with Crippen molar-refractivity contribution in [2.75, 3.05) is 20.8 Å². The van der Waals surface area contributed by atoms with Crippen molar-refractivity contribution in [2.24, 2.45) is 5.73 Å². The predicted octanol–water partition coefficient (Wildman–Crippen LogP) is -0.225. The lowest BCUT2D eigenvalue weighted by Crippen LogP contribution is -2.70. The molecule has 11 heteroatoms. The van der Waals surface area contributed by atoms with Crippen molar-refractivity contribution in [2.45, 2.75) is 36.8 Å². The molecule has 0 saturated carbocycles. The second-order valence-corrected chi connectivity index (χ2v) is 7.58. The van der Waals surface area contributed by atoms with Gasteiger partial charge in [-0.2, -0.15) is 0 Å². The molecular formula is C18H26N4O6S. The summed E-state index contributed by atoms with van der Waals surface area (Å²) < 4.78 is 15.3. The van der Waals surface area contributed by atoms with Gasteiger partial charge in [-0.05, 0) is 32.0 Å². The van der Waals surface area contributed by atoms with Crippen molar-refractivity contribution >= 4 is 29.5 Å². The Morgan fingerprint density at radius 3 is 2.55 bits per heavy atom. The second kappa shape index (κ2) is 10.3. The van der Waals surface area contributed by atoms with Gasteiger partial charge in [-0.15, -0.1) is 11.8 Å². The zero-order valence-electron chi connectivity index (χ0n) is 16.7. The number of carbonyl (C=O) groups excluding carboxylic acids is 3. The summed E-state index contributed by atoms with van der Waals surface area (Å²) in [6.07, 6.45) is -0.847. The Kier molecular flexibility index (Phi) is 8.11. The highest BCUT2D eigenvalue weighted by atomic mass is 32.2. The molecular weight excluding hydrogens is 400 g/mol. The van der Waals surface area contributed by atoms with Crippen molar-refractivity contribution in [3.05, 3.63) is 23.8 Å². The SMILES string of the molecule is CCOC(=O)C(C)SC1NC(=O)C(NC(=O)c2ccc(OC)c(OC)c2)C(N)N1. The molecule has 4 unspecified atom stereocenters. The van der Waals surface area contributed by atoms with Crippen LogP contribution >= 0.6 is 11.8 Å². The molecule has 10 nitrogen and oxygen atoms in total. The van der Waals surface area contributed by atoms with Crippen molar-refractivity contribution in [1.82, 2.24) is 16.0 Å². The average molecular weight is 426 g/mol. The van der Waals surface area contributed by atoms with Gasteiger partial charge in [-0.1, -0.05) is 0 Å². The van der Waals surface area contributed by atoms with Crippen LogP contribution in [0.2, 0.25) is 0 Å². The van der Waals surface area contributed by atoms with Gasteiger partial charge in [0.15, 0.2) is 11.5 Å². The van der Waals surface area contributed by atoms with Crippen LogP contribution in [0.5, 0.6) is 11.5 Å².